The van der Waals surface area contributed by atoms with Crippen LogP contribution in [0.2, 0.25) is 0 Å². The Balaban J connectivity index is 1.29. The van der Waals surface area contributed by atoms with E-state index in [1.807, 2.05) is 36.4 Å². The van der Waals surface area contributed by atoms with Crippen molar-refractivity contribution in [3.8, 4) is 11.5 Å². The molecule has 0 bridgehead atoms. The van der Waals surface area contributed by atoms with Crippen molar-refractivity contribution in [2.45, 2.75) is 12.7 Å². The first kappa shape index (κ1) is 18.4. The Morgan fingerprint density at radius 2 is 1.70 bits per heavy atom. The summed E-state index contributed by atoms with van der Waals surface area (Å²) in [5.41, 5.74) is 3.63. The van der Waals surface area contributed by atoms with Crippen LogP contribution in [0.1, 0.15) is 34.2 Å². The average molecular weight is 401 g/mol. The number of carbonyl (C=O) groups excluding carboxylic acids is 1. The number of nitrogens with zero attached hydrogens (tertiary/aromatic N) is 1. The molecule has 0 saturated heterocycles. The molecule has 0 fully saturated rings. The molecule has 0 saturated carbocycles. The summed E-state index contributed by atoms with van der Waals surface area (Å²) < 4.78 is 24.9. The molecule has 0 spiro atoms. The van der Waals surface area contributed by atoms with Gasteiger partial charge in [0.05, 0.1) is 0 Å². The van der Waals surface area contributed by atoms with Crippen LogP contribution in [0.5, 0.6) is 11.5 Å². The first-order valence-electron chi connectivity index (χ1n) is 9.94. The Morgan fingerprint density at radius 1 is 0.933 bits per heavy atom. The highest BCUT2D eigenvalue weighted by molar-refractivity contribution is 5.95. The summed E-state index contributed by atoms with van der Waals surface area (Å²) in [6.07, 6.45) is 2.27. The molecule has 2 heterocycles. The van der Waals surface area contributed by atoms with E-state index in [1.165, 1.54) is 12.1 Å². The highest BCUT2D eigenvalue weighted by Gasteiger charge is 2.28. The summed E-state index contributed by atoms with van der Waals surface area (Å²) in [4.78, 5) is 14.8. The van der Waals surface area contributed by atoms with Crippen LogP contribution in [-0.2, 0) is 0 Å². The summed E-state index contributed by atoms with van der Waals surface area (Å²) in [6, 6.07) is 21.5. The summed E-state index contributed by atoms with van der Waals surface area (Å²) in [7, 11) is 0. The number of carbonyl (C=O) groups is 1. The lowest BCUT2D eigenvalue weighted by Gasteiger charge is -2.27. The largest absolute Gasteiger partial charge is 0.447 e. The monoisotopic (exact) mass is 401 g/mol. The highest BCUT2D eigenvalue weighted by atomic mass is 19.1. The van der Waals surface area contributed by atoms with E-state index in [1.54, 1.807) is 35.2 Å². The van der Waals surface area contributed by atoms with Crippen LogP contribution in [0.25, 0.3) is 5.57 Å². The van der Waals surface area contributed by atoms with Crippen LogP contribution in [0.15, 0.2) is 78.9 Å². The van der Waals surface area contributed by atoms with E-state index in [0.29, 0.717) is 30.2 Å². The minimum absolute atomic E-state index is 0.0426. The van der Waals surface area contributed by atoms with E-state index in [0.717, 1.165) is 23.1 Å². The van der Waals surface area contributed by atoms with Gasteiger partial charge in [-0.3, -0.25) is 4.79 Å². The summed E-state index contributed by atoms with van der Waals surface area (Å²) >= 11 is 0. The number of halogens is 1. The second-order valence-corrected chi connectivity index (χ2v) is 7.38. The number of fused-ring (bicyclic) bond motifs is 1. The SMILES string of the molecule is O=C(c1ccc2c(c1)OC(c1ccccc1)O2)N1CC=C(c2ccc(F)cc2)CC1. The molecule has 4 nitrogen and oxygen atoms in total. The van der Waals surface area contributed by atoms with E-state index in [2.05, 4.69) is 0 Å². The van der Waals surface area contributed by atoms with Crippen LogP contribution < -0.4 is 9.47 Å². The molecule has 5 rings (SSSR count). The molecule has 1 atom stereocenters. The van der Waals surface area contributed by atoms with Gasteiger partial charge in [0.1, 0.15) is 5.82 Å². The van der Waals surface area contributed by atoms with Crippen molar-refractivity contribution in [1.29, 1.82) is 0 Å². The molecular formula is C25H20FNO3. The number of rotatable bonds is 3. The summed E-state index contributed by atoms with van der Waals surface area (Å²) in [5, 5.41) is 0. The van der Waals surface area contributed by atoms with Gasteiger partial charge in [0, 0.05) is 24.2 Å². The highest BCUT2D eigenvalue weighted by Crippen LogP contribution is 2.41. The number of benzene rings is 3. The standard InChI is InChI=1S/C25H20FNO3/c26-21-9-6-17(7-10-21)18-12-14-27(15-13-18)24(28)20-8-11-22-23(16-20)30-25(29-22)19-4-2-1-3-5-19/h1-12,16,25H,13-15H2. The van der Waals surface area contributed by atoms with Crippen LogP contribution in [-0.4, -0.2) is 23.9 Å². The van der Waals surface area contributed by atoms with Crippen molar-refractivity contribution in [1.82, 2.24) is 4.90 Å². The number of hydrogen-bond acceptors (Lipinski definition) is 3. The van der Waals surface area contributed by atoms with Gasteiger partial charge in [-0.05, 0) is 47.9 Å². The first-order chi connectivity index (χ1) is 14.7. The van der Waals surface area contributed by atoms with Gasteiger partial charge in [0.2, 0.25) is 0 Å². The minimum Gasteiger partial charge on any atom is -0.447 e. The Hall–Kier alpha value is -3.60. The number of ether oxygens (including phenoxy) is 2. The van der Waals surface area contributed by atoms with E-state index < -0.39 is 6.29 Å². The maximum absolute atomic E-state index is 13.1. The molecule has 0 aromatic heterocycles. The lowest BCUT2D eigenvalue weighted by molar-refractivity contribution is 0.0486. The van der Waals surface area contributed by atoms with Crippen molar-refractivity contribution < 1.29 is 18.7 Å². The van der Waals surface area contributed by atoms with Gasteiger partial charge in [-0.2, -0.15) is 0 Å². The molecule has 0 radical (unpaired) electrons. The maximum Gasteiger partial charge on any atom is 0.267 e. The predicted octanol–water partition coefficient (Wildman–Crippen LogP) is 5.23. The van der Waals surface area contributed by atoms with Crippen molar-refractivity contribution in [3.05, 3.63) is 101 Å². The van der Waals surface area contributed by atoms with Crippen molar-refractivity contribution >= 4 is 11.5 Å². The van der Waals surface area contributed by atoms with E-state index >= 15 is 0 Å². The second-order valence-electron chi connectivity index (χ2n) is 7.38. The topological polar surface area (TPSA) is 38.8 Å². The normalized spacial score (nSPS) is 17.6. The zero-order chi connectivity index (χ0) is 20.5. The van der Waals surface area contributed by atoms with Crippen molar-refractivity contribution in [2.75, 3.05) is 13.1 Å². The summed E-state index contributed by atoms with van der Waals surface area (Å²) in [6.45, 7) is 1.13. The molecule has 150 valence electrons. The molecule has 3 aromatic rings. The van der Waals surface area contributed by atoms with Crippen molar-refractivity contribution in [3.63, 3.8) is 0 Å². The number of hydrogen-bond donors (Lipinski definition) is 0. The lowest BCUT2D eigenvalue weighted by atomic mass is 9.99. The second kappa shape index (κ2) is 7.67. The van der Waals surface area contributed by atoms with Crippen LogP contribution >= 0.6 is 0 Å². The summed E-state index contributed by atoms with van der Waals surface area (Å²) in [5.74, 6) is 0.926. The zero-order valence-electron chi connectivity index (χ0n) is 16.3. The molecule has 1 unspecified atom stereocenters. The predicted molar refractivity (Wildman–Crippen MR) is 112 cm³/mol. The third kappa shape index (κ3) is 3.54. The molecule has 1 amide bonds. The van der Waals surface area contributed by atoms with E-state index in [4.69, 9.17) is 9.47 Å². The van der Waals surface area contributed by atoms with E-state index in [9.17, 15) is 9.18 Å². The molecular weight excluding hydrogens is 381 g/mol. The molecule has 5 heteroatoms. The molecule has 0 aliphatic carbocycles. The molecule has 3 aromatic carbocycles. The van der Waals surface area contributed by atoms with Crippen LogP contribution in [0, 0.1) is 5.82 Å². The van der Waals surface area contributed by atoms with Gasteiger partial charge in [-0.15, -0.1) is 0 Å². The minimum atomic E-state index is -0.497. The molecule has 0 N–H and O–H groups in total. The van der Waals surface area contributed by atoms with Gasteiger partial charge in [0.25, 0.3) is 12.2 Å². The fourth-order valence-electron chi connectivity index (χ4n) is 3.79. The van der Waals surface area contributed by atoms with Crippen molar-refractivity contribution in [2.24, 2.45) is 0 Å². The fourth-order valence-corrected chi connectivity index (χ4v) is 3.79. The Kier molecular flexibility index (Phi) is 4.71. The zero-order valence-corrected chi connectivity index (χ0v) is 16.3. The van der Waals surface area contributed by atoms with Crippen LogP contribution in [0.3, 0.4) is 0 Å². The third-order valence-corrected chi connectivity index (χ3v) is 5.44. The Labute approximate surface area is 174 Å². The maximum atomic E-state index is 13.1. The van der Waals surface area contributed by atoms with Gasteiger partial charge in [-0.25, -0.2) is 4.39 Å². The smallest absolute Gasteiger partial charge is 0.267 e. The van der Waals surface area contributed by atoms with Gasteiger partial charge in [-0.1, -0.05) is 48.5 Å². The van der Waals surface area contributed by atoms with Crippen LogP contribution in [0.4, 0.5) is 4.39 Å². The molecule has 2 aliphatic heterocycles. The Bertz CT molecular complexity index is 1110. The number of amides is 1. The first-order valence-corrected chi connectivity index (χ1v) is 9.94. The average Bonchev–Trinajstić information content (AvgIpc) is 3.23. The fraction of sp³-hybridized carbons (Fsp3) is 0.160. The van der Waals surface area contributed by atoms with E-state index in [-0.39, 0.29) is 11.7 Å². The van der Waals surface area contributed by atoms with Gasteiger partial charge < -0.3 is 14.4 Å². The Morgan fingerprint density at radius 3 is 2.43 bits per heavy atom. The van der Waals surface area contributed by atoms with Gasteiger partial charge >= 0.3 is 0 Å². The quantitative estimate of drug-likeness (QED) is 0.604. The van der Waals surface area contributed by atoms with Gasteiger partial charge in [0.15, 0.2) is 11.5 Å². The lowest BCUT2D eigenvalue weighted by Crippen LogP contribution is -2.34. The molecule has 30 heavy (non-hydrogen) atoms. The molecule has 2 aliphatic rings. The third-order valence-electron chi connectivity index (χ3n) is 5.44.